The Morgan fingerprint density at radius 1 is 1.11 bits per heavy atom. The molecule has 0 aliphatic carbocycles. The van der Waals surface area contributed by atoms with Gasteiger partial charge in [0.05, 0.1) is 19.3 Å². The molecule has 0 atom stereocenters. The summed E-state index contributed by atoms with van der Waals surface area (Å²) in [5, 5.41) is 9.34. The van der Waals surface area contributed by atoms with Crippen molar-refractivity contribution < 1.29 is 18.8 Å². The SMILES string of the molecule is COc1ccc(C)cc1NC(=O)CNC(=O)c1c(-c2ccccc2)noc1C. The first-order valence-electron chi connectivity index (χ1n) is 8.74. The minimum atomic E-state index is -0.427. The molecule has 0 aliphatic heterocycles. The molecule has 3 aromatic rings. The summed E-state index contributed by atoms with van der Waals surface area (Å²) >= 11 is 0. The van der Waals surface area contributed by atoms with Gasteiger partial charge in [-0.05, 0) is 31.5 Å². The average molecular weight is 379 g/mol. The van der Waals surface area contributed by atoms with Gasteiger partial charge in [-0.15, -0.1) is 0 Å². The van der Waals surface area contributed by atoms with Crippen LogP contribution in [0.2, 0.25) is 0 Å². The molecule has 2 aromatic carbocycles. The van der Waals surface area contributed by atoms with E-state index in [0.29, 0.717) is 28.5 Å². The Hall–Kier alpha value is -3.61. The number of methoxy groups -OCH3 is 1. The first-order chi connectivity index (χ1) is 13.5. The van der Waals surface area contributed by atoms with Crippen LogP contribution in [-0.4, -0.2) is 30.6 Å². The van der Waals surface area contributed by atoms with Crippen LogP contribution in [0.1, 0.15) is 21.7 Å². The molecule has 0 saturated carbocycles. The Kier molecular flexibility index (Phi) is 5.74. The number of rotatable bonds is 6. The van der Waals surface area contributed by atoms with E-state index in [0.717, 1.165) is 11.1 Å². The van der Waals surface area contributed by atoms with E-state index in [2.05, 4.69) is 15.8 Å². The van der Waals surface area contributed by atoms with Gasteiger partial charge in [0, 0.05) is 5.56 Å². The van der Waals surface area contributed by atoms with Crippen LogP contribution in [0.5, 0.6) is 5.75 Å². The number of nitrogens with one attached hydrogen (secondary N) is 2. The van der Waals surface area contributed by atoms with Gasteiger partial charge in [-0.2, -0.15) is 0 Å². The Labute approximate surface area is 162 Å². The molecule has 2 N–H and O–H groups in total. The van der Waals surface area contributed by atoms with Gasteiger partial charge in [-0.3, -0.25) is 9.59 Å². The zero-order valence-electron chi connectivity index (χ0n) is 15.9. The molecule has 144 valence electrons. The van der Waals surface area contributed by atoms with Crippen molar-refractivity contribution >= 4 is 17.5 Å². The highest BCUT2D eigenvalue weighted by Gasteiger charge is 2.22. The number of benzene rings is 2. The van der Waals surface area contributed by atoms with E-state index in [1.807, 2.05) is 43.3 Å². The predicted octanol–water partition coefficient (Wildman–Crippen LogP) is 3.34. The van der Waals surface area contributed by atoms with Crippen LogP contribution in [-0.2, 0) is 4.79 Å². The molecule has 7 heteroatoms. The van der Waals surface area contributed by atoms with Gasteiger partial charge in [-0.1, -0.05) is 41.6 Å². The lowest BCUT2D eigenvalue weighted by Crippen LogP contribution is -2.33. The molecule has 1 heterocycles. The van der Waals surface area contributed by atoms with E-state index in [1.54, 1.807) is 19.1 Å². The van der Waals surface area contributed by atoms with E-state index in [4.69, 9.17) is 9.26 Å². The number of hydrogen-bond acceptors (Lipinski definition) is 5. The van der Waals surface area contributed by atoms with Crippen LogP contribution in [0.25, 0.3) is 11.3 Å². The summed E-state index contributed by atoms with van der Waals surface area (Å²) in [7, 11) is 1.53. The molecule has 3 rings (SSSR count). The molecule has 0 bridgehead atoms. The number of aromatic nitrogens is 1. The van der Waals surface area contributed by atoms with Gasteiger partial charge in [0.15, 0.2) is 0 Å². The number of carbonyl (C=O) groups is 2. The molecule has 0 radical (unpaired) electrons. The Morgan fingerprint density at radius 3 is 2.57 bits per heavy atom. The maximum Gasteiger partial charge on any atom is 0.257 e. The lowest BCUT2D eigenvalue weighted by Gasteiger charge is -2.11. The second-order valence-electron chi connectivity index (χ2n) is 6.26. The second kappa shape index (κ2) is 8.39. The third-order valence-electron chi connectivity index (χ3n) is 4.18. The zero-order valence-corrected chi connectivity index (χ0v) is 15.9. The summed E-state index contributed by atoms with van der Waals surface area (Å²) in [5.74, 6) is 0.139. The highest BCUT2D eigenvalue weighted by atomic mass is 16.5. The number of ether oxygens (including phenoxy) is 1. The standard InChI is InChI=1S/C21H21N3O4/c1-13-9-10-17(27-3)16(11-13)23-18(25)12-22-21(26)19-14(2)28-24-20(19)15-7-5-4-6-8-15/h4-11H,12H2,1-3H3,(H,22,26)(H,23,25). The molecule has 28 heavy (non-hydrogen) atoms. The molecule has 0 unspecified atom stereocenters. The third-order valence-corrected chi connectivity index (χ3v) is 4.18. The largest absolute Gasteiger partial charge is 0.495 e. The van der Waals surface area contributed by atoms with E-state index in [1.165, 1.54) is 7.11 Å². The molecule has 0 spiro atoms. The van der Waals surface area contributed by atoms with Crippen LogP contribution >= 0.6 is 0 Å². The van der Waals surface area contributed by atoms with Crippen molar-refractivity contribution in [2.45, 2.75) is 13.8 Å². The summed E-state index contributed by atoms with van der Waals surface area (Å²) in [4.78, 5) is 24.9. The summed E-state index contributed by atoms with van der Waals surface area (Å²) in [6.07, 6.45) is 0. The molecule has 0 aliphatic rings. The Balaban J connectivity index is 1.69. The van der Waals surface area contributed by atoms with Gasteiger partial charge in [0.2, 0.25) is 5.91 Å². The van der Waals surface area contributed by atoms with Crippen LogP contribution in [0, 0.1) is 13.8 Å². The topological polar surface area (TPSA) is 93.5 Å². The van der Waals surface area contributed by atoms with Crippen molar-refractivity contribution in [1.82, 2.24) is 10.5 Å². The van der Waals surface area contributed by atoms with Crippen LogP contribution in [0.4, 0.5) is 5.69 Å². The molecule has 1 aromatic heterocycles. The monoisotopic (exact) mass is 379 g/mol. The highest BCUT2D eigenvalue weighted by Crippen LogP contribution is 2.26. The summed E-state index contributed by atoms with van der Waals surface area (Å²) < 4.78 is 10.4. The highest BCUT2D eigenvalue weighted by molar-refractivity contribution is 6.03. The zero-order chi connectivity index (χ0) is 20.1. The van der Waals surface area contributed by atoms with Crippen molar-refractivity contribution in [3.05, 3.63) is 65.4 Å². The van der Waals surface area contributed by atoms with E-state index in [-0.39, 0.29) is 12.5 Å². The Morgan fingerprint density at radius 2 is 1.86 bits per heavy atom. The number of carbonyl (C=O) groups excluding carboxylic acids is 2. The van der Waals surface area contributed by atoms with Crippen molar-refractivity contribution in [2.24, 2.45) is 0 Å². The second-order valence-corrected chi connectivity index (χ2v) is 6.26. The lowest BCUT2D eigenvalue weighted by atomic mass is 10.1. The maximum absolute atomic E-state index is 12.6. The van der Waals surface area contributed by atoms with Gasteiger partial charge < -0.3 is 19.9 Å². The fourth-order valence-electron chi connectivity index (χ4n) is 2.80. The summed E-state index contributed by atoms with van der Waals surface area (Å²) in [5.41, 5.74) is 3.04. The summed E-state index contributed by atoms with van der Waals surface area (Å²) in [6, 6.07) is 14.7. The fourth-order valence-corrected chi connectivity index (χ4v) is 2.80. The molecule has 0 saturated heterocycles. The molecule has 2 amide bonds. The number of aryl methyl sites for hydroxylation is 2. The van der Waals surface area contributed by atoms with Crippen molar-refractivity contribution in [1.29, 1.82) is 0 Å². The van der Waals surface area contributed by atoms with Gasteiger partial charge in [-0.25, -0.2) is 0 Å². The van der Waals surface area contributed by atoms with Crippen molar-refractivity contribution in [3.8, 4) is 17.0 Å². The normalized spacial score (nSPS) is 10.4. The molecule has 7 nitrogen and oxygen atoms in total. The van der Waals surface area contributed by atoms with E-state index < -0.39 is 5.91 Å². The number of anilines is 1. The quantitative estimate of drug-likeness (QED) is 0.685. The number of nitrogens with zero attached hydrogens (tertiary/aromatic N) is 1. The number of hydrogen-bond donors (Lipinski definition) is 2. The minimum Gasteiger partial charge on any atom is -0.495 e. The third kappa shape index (κ3) is 4.20. The maximum atomic E-state index is 12.6. The van der Waals surface area contributed by atoms with E-state index in [9.17, 15) is 9.59 Å². The van der Waals surface area contributed by atoms with Crippen LogP contribution in [0.3, 0.4) is 0 Å². The van der Waals surface area contributed by atoms with Gasteiger partial charge in [0.25, 0.3) is 5.91 Å². The van der Waals surface area contributed by atoms with Gasteiger partial charge >= 0.3 is 0 Å². The molecular formula is C21H21N3O4. The molecular weight excluding hydrogens is 358 g/mol. The number of amides is 2. The first kappa shape index (κ1) is 19.2. The van der Waals surface area contributed by atoms with E-state index >= 15 is 0 Å². The fraction of sp³-hybridized carbons (Fsp3) is 0.190. The van der Waals surface area contributed by atoms with Crippen LogP contribution < -0.4 is 15.4 Å². The van der Waals surface area contributed by atoms with Crippen LogP contribution in [0.15, 0.2) is 53.1 Å². The van der Waals surface area contributed by atoms with Crippen molar-refractivity contribution in [2.75, 3.05) is 19.0 Å². The van der Waals surface area contributed by atoms with Crippen molar-refractivity contribution in [3.63, 3.8) is 0 Å². The Bertz CT molecular complexity index is 996. The smallest absolute Gasteiger partial charge is 0.257 e. The molecule has 0 fully saturated rings. The van der Waals surface area contributed by atoms with Gasteiger partial charge in [0.1, 0.15) is 22.8 Å². The predicted molar refractivity (Wildman–Crippen MR) is 105 cm³/mol. The average Bonchev–Trinajstić information content (AvgIpc) is 3.08. The first-order valence-corrected chi connectivity index (χ1v) is 8.74. The lowest BCUT2D eigenvalue weighted by molar-refractivity contribution is -0.115. The minimum absolute atomic E-state index is 0.200. The summed E-state index contributed by atoms with van der Waals surface area (Å²) in [6.45, 7) is 3.37.